The summed E-state index contributed by atoms with van der Waals surface area (Å²) in [5.41, 5.74) is 6.24. The van der Waals surface area contributed by atoms with Crippen LogP contribution in [0.5, 0.6) is 5.75 Å². The highest BCUT2D eigenvalue weighted by atomic mass is 16.5. The Balaban J connectivity index is 2.37. The van der Waals surface area contributed by atoms with E-state index in [1.54, 1.807) is 19.4 Å². The summed E-state index contributed by atoms with van der Waals surface area (Å²) < 4.78 is 6.63. The number of aromatic nitrogens is 1. The zero-order chi connectivity index (χ0) is 14.5. The fraction of sp³-hybridized carbons (Fsp3) is 0.143. The van der Waals surface area contributed by atoms with Crippen molar-refractivity contribution in [2.24, 2.45) is 10.9 Å². The first-order valence-electron chi connectivity index (χ1n) is 5.96. The Hall–Kier alpha value is -2.76. The number of pyridine rings is 1. The number of ether oxygens (including phenoxy) is 1. The number of hydrogen-bond donors (Lipinski definition) is 2. The SMILES string of the molecule is COc1cccc(Cn2cccc(/C(N)=N/O)c2=O)c1. The van der Waals surface area contributed by atoms with Crippen LogP contribution in [-0.4, -0.2) is 22.7 Å². The second-order valence-corrected chi connectivity index (χ2v) is 4.19. The molecule has 104 valence electrons. The third-order valence-electron chi connectivity index (χ3n) is 2.89. The Labute approximate surface area is 115 Å². The van der Waals surface area contributed by atoms with Crippen molar-refractivity contribution in [3.8, 4) is 5.75 Å². The zero-order valence-electron chi connectivity index (χ0n) is 11.0. The normalized spacial score (nSPS) is 11.3. The molecule has 0 fully saturated rings. The van der Waals surface area contributed by atoms with E-state index in [1.807, 2.05) is 24.3 Å². The molecule has 0 saturated heterocycles. The molecule has 0 bridgehead atoms. The summed E-state index contributed by atoms with van der Waals surface area (Å²) in [6, 6.07) is 10.6. The Morgan fingerprint density at radius 2 is 2.20 bits per heavy atom. The van der Waals surface area contributed by atoms with Crippen molar-refractivity contribution in [2.45, 2.75) is 6.54 Å². The van der Waals surface area contributed by atoms with Crippen molar-refractivity contribution < 1.29 is 9.94 Å². The van der Waals surface area contributed by atoms with Crippen LogP contribution in [0, 0.1) is 0 Å². The van der Waals surface area contributed by atoms with E-state index in [0.717, 1.165) is 11.3 Å². The van der Waals surface area contributed by atoms with Gasteiger partial charge in [-0.15, -0.1) is 0 Å². The minimum Gasteiger partial charge on any atom is -0.497 e. The smallest absolute Gasteiger partial charge is 0.261 e. The Morgan fingerprint density at radius 3 is 2.90 bits per heavy atom. The van der Waals surface area contributed by atoms with Crippen LogP contribution >= 0.6 is 0 Å². The molecule has 0 amide bonds. The molecule has 6 heteroatoms. The number of hydrogen-bond acceptors (Lipinski definition) is 4. The summed E-state index contributed by atoms with van der Waals surface area (Å²) in [5, 5.41) is 11.5. The van der Waals surface area contributed by atoms with Crippen LogP contribution < -0.4 is 16.0 Å². The van der Waals surface area contributed by atoms with Crippen LogP contribution in [0.15, 0.2) is 52.5 Å². The molecule has 2 aromatic rings. The highest BCUT2D eigenvalue weighted by molar-refractivity contribution is 5.96. The van der Waals surface area contributed by atoms with E-state index in [2.05, 4.69) is 5.16 Å². The van der Waals surface area contributed by atoms with Gasteiger partial charge in [-0.25, -0.2) is 0 Å². The molecule has 1 aromatic heterocycles. The van der Waals surface area contributed by atoms with Gasteiger partial charge in [-0.05, 0) is 29.8 Å². The third-order valence-corrected chi connectivity index (χ3v) is 2.89. The van der Waals surface area contributed by atoms with Crippen molar-refractivity contribution in [1.82, 2.24) is 4.57 Å². The van der Waals surface area contributed by atoms with E-state index in [1.165, 1.54) is 10.6 Å². The molecule has 0 atom stereocenters. The van der Waals surface area contributed by atoms with Crippen molar-refractivity contribution in [3.05, 3.63) is 64.1 Å². The van der Waals surface area contributed by atoms with Gasteiger partial charge in [0.2, 0.25) is 0 Å². The molecule has 1 aromatic carbocycles. The van der Waals surface area contributed by atoms with Gasteiger partial charge in [0.05, 0.1) is 19.2 Å². The van der Waals surface area contributed by atoms with E-state index in [9.17, 15) is 4.79 Å². The minimum absolute atomic E-state index is 0.165. The molecule has 20 heavy (non-hydrogen) atoms. The lowest BCUT2D eigenvalue weighted by atomic mass is 10.2. The second-order valence-electron chi connectivity index (χ2n) is 4.19. The van der Waals surface area contributed by atoms with Crippen molar-refractivity contribution >= 4 is 5.84 Å². The van der Waals surface area contributed by atoms with E-state index in [-0.39, 0.29) is 17.0 Å². The Morgan fingerprint density at radius 1 is 1.40 bits per heavy atom. The highest BCUT2D eigenvalue weighted by Gasteiger charge is 2.08. The van der Waals surface area contributed by atoms with E-state index in [4.69, 9.17) is 15.7 Å². The summed E-state index contributed by atoms with van der Waals surface area (Å²) in [5.74, 6) is 0.526. The average Bonchev–Trinajstić information content (AvgIpc) is 2.49. The molecule has 3 N–H and O–H groups in total. The van der Waals surface area contributed by atoms with Crippen molar-refractivity contribution in [3.63, 3.8) is 0 Å². The predicted octanol–water partition coefficient (Wildman–Crippen LogP) is 1.000. The molecule has 0 aliphatic heterocycles. The maximum absolute atomic E-state index is 12.2. The fourth-order valence-corrected chi connectivity index (χ4v) is 1.88. The standard InChI is InChI=1S/C14H15N3O3/c1-20-11-5-2-4-10(8-11)9-17-7-3-6-12(14(17)18)13(15)16-19/h2-8,19H,9H2,1H3,(H2,15,16). The number of benzene rings is 1. The summed E-state index contributed by atoms with van der Waals surface area (Å²) in [6.45, 7) is 0.378. The number of oxime groups is 1. The topological polar surface area (TPSA) is 89.8 Å². The number of nitrogens with zero attached hydrogens (tertiary/aromatic N) is 2. The molecule has 0 aliphatic rings. The van der Waals surface area contributed by atoms with Gasteiger partial charge in [0.15, 0.2) is 5.84 Å². The second kappa shape index (κ2) is 5.92. The summed E-state index contributed by atoms with van der Waals surface area (Å²) >= 11 is 0. The maximum atomic E-state index is 12.2. The number of nitrogens with two attached hydrogens (primary N) is 1. The first kappa shape index (κ1) is 13.7. The van der Waals surface area contributed by atoms with E-state index >= 15 is 0 Å². The Kier molecular flexibility index (Phi) is 4.05. The number of rotatable bonds is 4. The largest absolute Gasteiger partial charge is 0.497 e. The molecule has 0 radical (unpaired) electrons. The van der Waals surface area contributed by atoms with Gasteiger partial charge in [0.1, 0.15) is 5.75 Å². The third kappa shape index (κ3) is 2.80. The van der Waals surface area contributed by atoms with Crippen LogP contribution in [0.3, 0.4) is 0 Å². The molecule has 1 heterocycles. The molecular formula is C14H15N3O3. The van der Waals surface area contributed by atoms with Crippen LogP contribution in [-0.2, 0) is 6.54 Å². The molecule has 0 saturated carbocycles. The lowest BCUT2D eigenvalue weighted by molar-refractivity contribution is 0.318. The van der Waals surface area contributed by atoms with Crippen LogP contribution in [0.25, 0.3) is 0 Å². The molecular weight excluding hydrogens is 258 g/mol. The monoisotopic (exact) mass is 273 g/mol. The summed E-state index contributed by atoms with van der Waals surface area (Å²) in [6.07, 6.45) is 1.65. The first-order chi connectivity index (χ1) is 9.65. The van der Waals surface area contributed by atoms with E-state index < -0.39 is 0 Å². The lowest BCUT2D eigenvalue weighted by Crippen LogP contribution is -2.29. The van der Waals surface area contributed by atoms with Crippen molar-refractivity contribution in [2.75, 3.05) is 7.11 Å². The van der Waals surface area contributed by atoms with Crippen LogP contribution in [0.2, 0.25) is 0 Å². The Bertz CT molecular complexity index is 692. The zero-order valence-corrected chi connectivity index (χ0v) is 11.0. The lowest BCUT2D eigenvalue weighted by Gasteiger charge is -2.08. The summed E-state index contributed by atoms with van der Waals surface area (Å²) in [7, 11) is 1.59. The first-order valence-corrected chi connectivity index (χ1v) is 5.96. The summed E-state index contributed by atoms with van der Waals surface area (Å²) in [4.78, 5) is 12.2. The van der Waals surface area contributed by atoms with Crippen LogP contribution in [0.4, 0.5) is 0 Å². The van der Waals surface area contributed by atoms with Gasteiger partial charge in [0.25, 0.3) is 5.56 Å². The maximum Gasteiger partial charge on any atom is 0.261 e. The van der Waals surface area contributed by atoms with Crippen LogP contribution in [0.1, 0.15) is 11.1 Å². The van der Waals surface area contributed by atoms with Gasteiger partial charge < -0.3 is 20.2 Å². The molecule has 6 nitrogen and oxygen atoms in total. The highest BCUT2D eigenvalue weighted by Crippen LogP contribution is 2.13. The molecule has 0 unspecified atom stereocenters. The van der Waals surface area contributed by atoms with Crippen molar-refractivity contribution in [1.29, 1.82) is 0 Å². The number of methoxy groups -OCH3 is 1. The van der Waals surface area contributed by atoms with Gasteiger partial charge >= 0.3 is 0 Å². The quantitative estimate of drug-likeness (QED) is 0.376. The molecule has 0 aliphatic carbocycles. The molecule has 2 rings (SSSR count). The van der Waals surface area contributed by atoms with Gasteiger partial charge in [-0.2, -0.15) is 0 Å². The van der Waals surface area contributed by atoms with Gasteiger partial charge in [-0.3, -0.25) is 4.79 Å². The van der Waals surface area contributed by atoms with Gasteiger partial charge in [-0.1, -0.05) is 17.3 Å². The fourth-order valence-electron chi connectivity index (χ4n) is 1.88. The number of amidine groups is 1. The average molecular weight is 273 g/mol. The predicted molar refractivity (Wildman–Crippen MR) is 75.3 cm³/mol. The van der Waals surface area contributed by atoms with Gasteiger partial charge in [0, 0.05) is 6.20 Å². The van der Waals surface area contributed by atoms with E-state index in [0.29, 0.717) is 6.54 Å². The molecule has 0 spiro atoms. The minimum atomic E-state index is -0.314.